The first-order valence-corrected chi connectivity index (χ1v) is 9.53. The van der Waals surface area contributed by atoms with Crippen LogP contribution < -0.4 is 0 Å². The summed E-state index contributed by atoms with van der Waals surface area (Å²) in [6.45, 7) is 0.300. The first-order valence-electron chi connectivity index (χ1n) is 8.09. The summed E-state index contributed by atoms with van der Waals surface area (Å²) in [5, 5.41) is 11.1. The molecule has 1 amide bonds. The molecule has 0 atom stereocenters. The van der Waals surface area contributed by atoms with Crippen LogP contribution in [-0.4, -0.2) is 54.6 Å². The second kappa shape index (κ2) is 7.41. The highest BCUT2D eigenvalue weighted by Crippen LogP contribution is 2.27. The molecular formula is C17H16FN3O5S. The van der Waals surface area contributed by atoms with Crippen LogP contribution in [-0.2, 0) is 10.0 Å². The maximum absolute atomic E-state index is 13.0. The van der Waals surface area contributed by atoms with Gasteiger partial charge in [-0.25, -0.2) is 12.8 Å². The van der Waals surface area contributed by atoms with E-state index >= 15 is 0 Å². The van der Waals surface area contributed by atoms with E-state index in [0.717, 1.165) is 10.4 Å². The molecule has 0 radical (unpaired) electrons. The average molecular weight is 393 g/mol. The molecule has 2 aromatic carbocycles. The average Bonchev–Trinajstić information content (AvgIpc) is 2.68. The smallest absolute Gasteiger partial charge is 0.289 e. The Labute approximate surface area is 155 Å². The Morgan fingerprint density at radius 3 is 2.19 bits per heavy atom. The number of halogens is 1. The van der Waals surface area contributed by atoms with E-state index in [1.165, 1.54) is 47.4 Å². The van der Waals surface area contributed by atoms with Crippen molar-refractivity contribution in [2.75, 3.05) is 26.2 Å². The minimum atomic E-state index is -4.05. The molecule has 0 saturated carbocycles. The zero-order chi connectivity index (χ0) is 19.6. The fourth-order valence-corrected chi connectivity index (χ4v) is 4.45. The summed E-state index contributed by atoms with van der Waals surface area (Å²) in [6.07, 6.45) is 0. The van der Waals surface area contributed by atoms with Crippen molar-refractivity contribution < 1.29 is 22.5 Å². The molecule has 0 unspecified atom stereocenters. The molecular weight excluding hydrogens is 377 g/mol. The van der Waals surface area contributed by atoms with E-state index in [1.807, 2.05) is 0 Å². The largest absolute Gasteiger partial charge is 0.336 e. The van der Waals surface area contributed by atoms with Crippen molar-refractivity contribution in [3.05, 3.63) is 70.0 Å². The van der Waals surface area contributed by atoms with E-state index in [2.05, 4.69) is 0 Å². The van der Waals surface area contributed by atoms with Gasteiger partial charge in [-0.3, -0.25) is 14.9 Å². The van der Waals surface area contributed by atoms with Crippen molar-refractivity contribution in [3.63, 3.8) is 0 Å². The highest BCUT2D eigenvalue weighted by atomic mass is 32.2. The number of carbonyl (C=O) groups excluding carboxylic acids is 1. The lowest BCUT2D eigenvalue weighted by molar-refractivity contribution is -0.387. The fourth-order valence-electron chi connectivity index (χ4n) is 2.87. The second-order valence-electron chi connectivity index (χ2n) is 5.93. The highest BCUT2D eigenvalue weighted by molar-refractivity contribution is 7.89. The third kappa shape index (κ3) is 3.81. The number of nitro benzene ring substituents is 1. The van der Waals surface area contributed by atoms with Crippen molar-refractivity contribution in [3.8, 4) is 0 Å². The molecule has 0 N–H and O–H groups in total. The Kier molecular flexibility index (Phi) is 5.19. The maximum atomic E-state index is 13.0. The lowest BCUT2D eigenvalue weighted by atomic mass is 10.2. The van der Waals surface area contributed by atoms with Gasteiger partial charge < -0.3 is 4.90 Å². The second-order valence-corrected chi connectivity index (χ2v) is 7.83. The molecule has 0 bridgehead atoms. The lowest BCUT2D eigenvalue weighted by Gasteiger charge is -2.34. The Morgan fingerprint density at radius 1 is 1.00 bits per heavy atom. The summed E-state index contributed by atoms with van der Waals surface area (Å²) in [7, 11) is -4.05. The lowest BCUT2D eigenvalue weighted by Crippen LogP contribution is -2.50. The Morgan fingerprint density at radius 2 is 1.59 bits per heavy atom. The van der Waals surface area contributed by atoms with Crippen LogP contribution in [0.5, 0.6) is 0 Å². The monoisotopic (exact) mass is 393 g/mol. The van der Waals surface area contributed by atoms with Crippen LogP contribution in [0.3, 0.4) is 0 Å². The molecule has 1 fully saturated rings. The van der Waals surface area contributed by atoms with Gasteiger partial charge in [-0.15, -0.1) is 0 Å². The third-order valence-corrected chi connectivity index (χ3v) is 6.24. The van der Waals surface area contributed by atoms with Crippen molar-refractivity contribution in [2.24, 2.45) is 0 Å². The first kappa shape index (κ1) is 18.9. The Bertz CT molecular complexity index is 970. The molecule has 142 valence electrons. The molecule has 2 aromatic rings. The van der Waals surface area contributed by atoms with Crippen LogP contribution in [0.4, 0.5) is 10.1 Å². The predicted octanol–water partition coefficient (Wildman–Crippen LogP) is 1.88. The van der Waals surface area contributed by atoms with E-state index in [4.69, 9.17) is 0 Å². The van der Waals surface area contributed by atoms with Crippen LogP contribution in [0.15, 0.2) is 53.4 Å². The summed E-state index contributed by atoms with van der Waals surface area (Å²) in [5.41, 5.74) is -0.172. The molecule has 8 nitrogen and oxygen atoms in total. The molecule has 1 aliphatic rings. The number of nitrogens with zero attached hydrogens (tertiary/aromatic N) is 3. The quantitative estimate of drug-likeness (QED) is 0.583. The third-order valence-electron chi connectivity index (χ3n) is 4.30. The van der Waals surface area contributed by atoms with E-state index < -0.39 is 26.5 Å². The van der Waals surface area contributed by atoms with E-state index in [-0.39, 0.29) is 37.0 Å². The zero-order valence-electron chi connectivity index (χ0n) is 14.1. The normalized spacial score (nSPS) is 15.5. The molecule has 0 spiro atoms. The van der Waals surface area contributed by atoms with Crippen molar-refractivity contribution in [1.29, 1.82) is 0 Å². The SMILES string of the molecule is O=C(c1ccc(F)cc1)N1CCN(S(=O)(=O)c2ccccc2[N+](=O)[O-])CC1. The molecule has 3 rings (SSSR count). The number of sulfonamides is 1. The number of hydrogen-bond donors (Lipinski definition) is 0. The summed E-state index contributed by atoms with van der Waals surface area (Å²) < 4.78 is 39.7. The maximum Gasteiger partial charge on any atom is 0.289 e. The van der Waals surface area contributed by atoms with Gasteiger partial charge in [-0.2, -0.15) is 4.31 Å². The molecule has 27 heavy (non-hydrogen) atoms. The Hall–Kier alpha value is -2.85. The summed E-state index contributed by atoms with van der Waals surface area (Å²) in [5.74, 6) is -0.773. The first-order chi connectivity index (χ1) is 12.8. The molecule has 10 heteroatoms. The number of nitro groups is 1. The van der Waals surface area contributed by atoms with Crippen LogP contribution >= 0.6 is 0 Å². The standard InChI is InChI=1S/C17H16FN3O5S/c18-14-7-5-13(6-8-14)17(22)19-9-11-20(12-10-19)27(25,26)16-4-2-1-3-15(16)21(23)24/h1-8H,9-12H2. The molecule has 1 heterocycles. The number of amides is 1. The van der Waals surface area contributed by atoms with Gasteiger partial charge in [0.2, 0.25) is 10.0 Å². The minimum Gasteiger partial charge on any atom is -0.336 e. The van der Waals surface area contributed by atoms with Gasteiger partial charge in [0.25, 0.3) is 11.6 Å². The molecule has 1 aliphatic heterocycles. The van der Waals surface area contributed by atoms with Crippen LogP contribution in [0, 0.1) is 15.9 Å². The predicted molar refractivity (Wildman–Crippen MR) is 94.2 cm³/mol. The zero-order valence-corrected chi connectivity index (χ0v) is 14.9. The Balaban J connectivity index is 1.74. The van der Waals surface area contributed by atoms with Crippen molar-refractivity contribution in [2.45, 2.75) is 4.90 Å². The van der Waals surface area contributed by atoms with Gasteiger partial charge in [0.05, 0.1) is 4.92 Å². The molecule has 1 saturated heterocycles. The van der Waals surface area contributed by atoms with Crippen molar-refractivity contribution >= 4 is 21.6 Å². The highest BCUT2D eigenvalue weighted by Gasteiger charge is 2.34. The molecule has 0 aliphatic carbocycles. The number of para-hydroxylation sites is 1. The number of hydrogen-bond acceptors (Lipinski definition) is 5. The fraction of sp³-hybridized carbons (Fsp3) is 0.235. The van der Waals surface area contributed by atoms with E-state index in [0.29, 0.717) is 5.56 Å². The summed E-state index contributed by atoms with van der Waals surface area (Å²) in [4.78, 5) is 23.9. The van der Waals surface area contributed by atoms with Gasteiger partial charge in [0.1, 0.15) is 5.82 Å². The van der Waals surface area contributed by atoms with Gasteiger partial charge in [-0.05, 0) is 30.3 Å². The number of carbonyl (C=O) groups is 1. The van der Waals surface area contributed by atoms with Crippen LogP contribution in [0.1, 0.15) is 10.4 Å². The topological polar surface area (TPSA) is 101 Å². The molecule has 0 aromatic heterocycles. The van der Waals surface area contributed by atoms with E-state index in [1.54, 1.807) is 0 Å². The van der Waals surface area contributed by atoms with E-state index in [9.17, 15) is 27.7 Å². The van der Waals surface area contributed by atoms with Gasteiger partial charge in [0.15, 0.2) is 4.90 Å². The van der Waals surface area contributed by atoms with Gasteiger partial charge >= 0.3 is 0 Å². The van der Waals surface area contributed by atoms with Crippen molar-refractivity contribution in [1.82, 2.24) is 9.21 Å². The summed E-state index contributed by atoms with van der Waals surface area (Å²) >= 11 is 0. The van der Waals surface area contributed by atoms with Gasteiger partial charge in [0, 0.05) is 37.8 Å². The van der Waals surface area contributed by atoms with Crippen LogP contribution in [0.25, 0.3) is 0 Å². The number of rotatable bonds is 4. The van der Waals surface area contributed by atoms with Crippen LogP contribution in [0.2, 0.25) is 0 Å². The number of piperazine rings is 1. The number of benzene rings is 2. The minimum absolute atomic E-state index is 0.0152. The summed E-state index contributed by atoms with van der Waals surface area (Å²) in [6, 6.07) is 10.3. The van der Waals surface area contributed by atoms with Gasteiger partial charge in [-0.1, -0.05) is 12.1 Å².